The standard InChI is InChI=1S/C15H30O4.C6H14O/c1-5-7-18-8-12(3)15-14(11-17-6-2)13(9-16-4)10-19-15;1-3-5-6-7-4-2/h12-15H,5-11H2,1-4H3;3-6H2,1-2H3. The van der Waals surface area contributed by atoms with E-state index in [1.54, 1.807) is 7.11 Å². The van der Waals surface area contributed by atoms with Gasteiger partial charge in [0.2, 0.25) is 0 Å². The van der Waals surface area contributed by atoms with Crippen molar-refractivity contribution in [2.75, 3.05) is 60.0 Å². The van der Waals surface area contributed by atoms with E-state index in [4.69, 9.17) is 23.7 Å². The molecule has 1 fully saturated rings. The zero-order chi connectivity index (χ0) is 19.6. The van der Waals surface area contributed by atoms with Gasteiger partial charge in [-0.25, -0.2) is 0 Å². The van der Waals surface area contributed by atoms with Gasteiger partial charge < -0.3 is 23.7 Å². The molecule has 26 heavy (non-hydrogen) atoms. The van der Waals surface area contributed by atoms with Gasteiger partial charge in [-0.2, -0.15) is 0 Å². The minimum atomic E-state index is 0.226. The van der Waals surface area contributed by atoms with E-state index in [0.29, 0.717) is 17.8 Å². The average Bonchev–Trinajstić information content (AvgIpc) is 3.04. The molecule has 5 heteroatoms. The van der Waals surface area contributed by atoms with Crippen molar-refractivity contribution in [3.8, 4) is 0 Å². The summed E-state index contributed by atoms with van der Waals surface area (Å²) < 4.78 is 27.6. The normalized spacial score (nSPS) is 23.5. The lowest BCUT2D eigenvalue weighted by molar-refractivity contribution is -0.0167. The van der Waals surface area contributed by atoms with Gasteiger partial charge in [0.15, 0.2) is 0 Å². The van der Waals surface area contributed by atoms with Gasteiger partial charge in [-0.15, -0.1) is 0 Å². The fourth-order valence-electron chi connectivity index (χ4n) is 3.11. The molecule has 1 saturated heterocycles. The van der Waals surface area contributed by atoms with Crippen molar-refractivity contribution >= 4 is 0 Å². The van der Waals surface area contributed by atoms with E-state index in [9.17, 15) is 0 Å². The second kappa shape index (κ2) is 18.2. The predicted molar refractivity (Wildman–Crippen MR) is 107 cm³/mol. The monoisotopic (exact) mass is 376 g/mol. The second-order valence-electron chi connectivity index (χ2n) is 6.94. The number of methoxy groups -OCH3 is 1. The van der Waals surface area contributed by atoms with Crippen LogP contribution in [0.4, 0.5) is 0 Å². The quantitative estimate of drug-likeness (QED) is 0.426. The summed E-state index contributed by atoms with van der Waals surface area (Å²) in [7, 11) is 1.75. The van der Waals surface area contributed by atoms with Crippen molar-refractivity contribution < 1.29 is 23.7 Å². The molecule has 1 heterocycles. The van der Waals surface area contributed by atoms with Gasteiger partial charge in [-0.1, -0.05) is 27.2 Å². The van der Waals surface area contributed by atoms with Gasteiger partial charge in [-0.3, -0.25) is 0 Å². The maximum Gasteiger partial charge on any atom is 0.0677 e. The topological polar surface area (TPSA) is 46.2 Å². The van der Waals surface area contributed by atoms with Crippen LogP contribution >= 0.6 is 0 Å². The molecule has 158 valence electrons. The highest BCUT2D eigenvalue weighted by Gasteiger charge is 2.40. The first kappa shape index (κ1) is 25.8. The van der Waals surface area contributed by atoms with Crippen LogP contribution < -0.4 is 0 Å². The van der Waals surface area contributed by atoms with Gasteiger partial charge in [0.05, 0.1) is 32.5 Å². The zero-order valence-electron chi connectivity index (χ0n) is 18.1. The molecular formula is C21H44O5. The van der Waals surface area contributed by atoms with E-state index in [1.165, 1.54) is 12.8 Å². The number of hydrogen-bond donors (Lipinski definition) is 0. The van der Waals surface area contributed by atoms with Crippen molar-refractivity contribution in [1.82, 2.24) is 0 Å². The largest absolute Gasteiger partial charge is 0.384 e. The van der Waals surface area contributed by atoms with Gasteiger partial charge in [0.1, 0.15) is 0 Å². The van der Waals surface area contributed by atoms with Crippen LogP contribution in [0, 0.1) is 17.8 Å². The van der Waals surface area contributed by atoms with Gasteiger partial charge >= 0.3 is 0 Å². The van der Waals surface area contributed by atoms with Crippen molar-refractivity contribution in [2.45, 2.75) is 60.0 Å². The van der Waals surface area contributed by atoms with Crippen LogP contribution in [0.5, 0.6) is 0 Å². The number of unbranched alkanes of at least 4 members (excludes halogenated alkanes) is 1. The summed E-state index contributed by atoms with van der Waals surface area (Å²) in [5.41, 5.74) is 0. The second-order valence-corrected chi connectivity index (χ2v) is 6.94. The maximum absolute atomic E-state index is 5.98. The SMILES string of the molecule is CCCCOCC.CCCOCC(C)C1OCC(COC)C1COCC. The number of rotatable bonds is 14. The Hall–Kier alpha value is -0.200. The third kappa shape index (κ3) is 11.5. The Morgan fingerprint density at radius 3 is 2.23 bits per heavy atom. The summed E-state index contributed by atoms with van der Waals surface area (Å²) >= 11 is 0. The van der Waals surface area contributed by atoms with Crippen LogP contribution in [0.25, 0.3) is 0 Å². The highest BCUT2D eigenvalue weighted by molar-refractivity contribution is 4.86. The Morgan fingerprint density at radius 1 is 0.923 bits per heavy atom. The van der Waals surface area contributed by atoms with E-state index in [-0.39, 0.29) is 6.10 Å². The van der Waals surface area contributed by atoms with Crippen LogP contribution in [-0.4, -0.2) is 66.1 Å². The molecule has 0 bridgehead atoms. The smallest absolute Gasteiger partial charge is 0.0677 e. The van der Waals surface area contributed by atoms with Crippen LogP contribution in [0.2, 0.25) is 0 Å². The molecule has 5 nitrogen and oxygen atoms in total. The molecular weight excluding hydrogens is 332 g/mol. The molecule has 0 aromatic heterocycles. The van der Waals surface area contributed by atoms with Crippen LogP contribution in [0.1, 0.15) is 53.9 Å². The lowest BCUT2D eigenvalue weighted by Gasteiger charge is -2.27. The first-order chi connectivity index (χ1) is 12.7. The Morgan fingerprint density at radius 2 is 1.65 bits per heavy atom. The van der Waals surface area contributed by atoms with Crippen LogP contribution in [0.15, 0.2) is 0 Å². The van der Waals surface area contributed by atoms with Gasteiger partial charge in [0, 0.05) is 51.3 Å². The molecule has 4 atom stereocenters. The van der Waals surface area contributed by atoms with Crippen molar-refractivity contribution in [2.24, 2.45) is 17.8 Å². The van der Waals surface area contributed by atoms with Crippen molar-refractivity contribution in [1.29, 1.82) is 0 Å². The summed E-state index contributed by atoms with van der Waals surface area (Å²) in [5.74, 6) is 1.26. The van der Waals surface area contributed by atoms with E-state index in [0.717, 1.165) is 59.3 Å². The van der Waals surface area contributed by atoms with E-state index >= 15 is 0 Å². The Kier molecular flexibility index (Phi) is 18.0. The first-order valence-electron chi connectivity index (χ1n) is 10.5. The summed E-state index contributed by atoms with van der Waals surface area (Å²) in [6.45, 7) is 17.0. The molecule has 0 saturated carbocycles. The highest BCUT2D eigenvalue weighted by atomic mass is 16.5. The Labute approximate surface area is 162 Å². The fourth-order valence-corrected chi connectivity index (χ4v) is 3.11. The van der Waals surface area contributed by atoms with E-state index in [1.807, 2.05) is 13.8 Å². The molecule has 0 aromatic carbocycles. The summed E-state index contributed by atoms with van der Waals surface area (Å²) in [6, 6.07) is 0. The molecule has 0 radical (unpaired) electrons. The molecule has 0 amide bonds. The highest BCUT2D eigenvalue weighted by Crippen LogP contribution is 2.32. The number of hydrogen-bond acceptors (Lipinski definition) is 5. The third-order valence-electron chi connectivity index (χ3n) is 4.56. The predicted octanol–water partition coefficient (Wildman–Crippen LogP) is 4.19. The molecule has 1 rings (SSSR count). The third-order valence-corrected chi connectivity index (χ3v) is 4.56. The average molecular weight is 377 g/mol. The van der Waals surface area contributed by atoms with E-state index in [2.05, 4.69) is 20.8 Å². The van der Waals surface area contributed by atoms with Crippen LogP contribution in [0.3, 0.4) is 0 Å². The molecule has 1 aliphatic heterocycles. The molecule has 1 aliphatic rings. The molecule has 0 N–H and O–H groups in total. The lowest BCUT2D eigenvalue weighted by Crippen LogP contribution is -2.34. The Bertz CT molecular complexity index is 284. The summed E-state index contributed by atoms with van der Waals surface area (Å²) in [5, 5.41) is 0. The summed E-state index contributed by atoms with van der Waals surface area (Å²) in [6.07, 6.45) is 3.73. The lowest BCUT2D eigenvalue weighted by atomic mass is 9.86. The van der Waals surface area contributed by atoms with Gasteiger partial charge in [0.25, 0.3) is 0 Å². The van der Waals surface area contributed by atoms with E-state index < -0.39 is 0 Å². The summed E-state index contributed by atoms with van der Waals surface area (Å²) in [4.78, 5) is 0. The molecule has 0 spiro atoms. The molecule has 0 aliphatic carbocycles. The fraction of sp³-hybridized carbons (Fsp3) is 1.00. The Balaban J connectivity index is 0.000000758. The number of ether oxygens (including phenoxy) is 5. The minimum absolute atomic E-state index is 0.226. The first-order valence-corrected chi connectivity index (χ1v) is 10.5. The minimum Gasteiger partial charge on any atom is -0.384 e. The van der Waals surface area contributed by atoms with Crippen LogP contribution in [-0.2, 0) is 23.7 Å². The molecule has 4 unspecified atom stereocenters. The van der Waals surface area contributed by atoms with Crippen molar-refractivity contribution in [3.63, 3.8) is 0 Å². The van der Waals surface area contributed by atoms with Crippen molar-refractivity contribution in [3.05, 3.63) is 0 Å². The van der Waals surface area contributed by atoms with Gasteiger partial charge in [-0.05, 0) is 26.7 Å². The maximum atomic E-state index is 5.98. The zero-order valence-corrected chi connectivity index (χ0v) is 18.1. The molecule has 0 aromatic rings.